The van der Waals surface area contributed by atoms with Crippen LogP contribution in [0.5, 0.6) is 17.2 Å². The van der Waals surface area contributed by atoms with Gasteiger partial charge in [0, 0.05) is 81.0 Å². The number of nitrogens with two attached hydrogens (primary N) is 3. The Balaban J connectivity index is 1.18. The van der Waals surface area contributed by atoms with Crippen LogP contribution >= 0.6 is 0 Å². The number of phenolic OH excluding ortho intramolecular Hbond substituents is 2. The summed E-state index contributed by atoms with van der Waals surface area (Å²) in [5.41, 5.74) is 12.9. The van der Waals surface area contributed by atoms with E-state index in [0.29, 0.717) is 12.8 Å². The summed E-state index contributed by atoms with van der Waals surface area (Å²) < 4.78 is 17.7. The van der Waals surface area contributed by atoms with E-state index in [2.05, 4.69) is 20.9 Å². The molecule has 6 rings (SSSR count). The third-order valence-electron chi connectivity index (χ3n) is 14.5. The van der Waals surface area contributed by atoms with Crippen LogP contribution < -0.4 is 37.9 Å². The van der Waals surface area contributed by atoms with E-state index in [1.54, 1.807) is 30.3 Å². The van der Waals surface area contributed by atoms with Gasteiger partial charge in [0.15, 0.2) is 35.4 Å². The van der Waals surface area contributed by atoms with Crippen LogP contribution in [0.25, 0.3) is 0 Å². The summed E-state index contributed by atoms with van der Waals surface area (Å²) in [6.45, 7) is 1.14. The van der Waals surface area contributed by atoms with Gasteiger partial charge in [-0.25, -0.2) is 0 Å². The summed E-state index contributed by atoms with van der Waals surface area (Å²) in [7, 11) is 1.28. The predicted octanol–water partition coefficient (Wildman–Crippen LogP) is 0.723. The van der Waals surface area contributed by atoms with E-state index < -0.39 is 156 Å². The Hall–Kier alpha value is -7.64. The Kier molecular flexibility index (Phi) is 20.6. The molecule has 426 valence electrons. The van der Waals surface area contributed by atoms with Crippen molar-refractivity contribution in [2.45, 2.75) is 133 Å². The molecule has 15 N–H and O–H groups in total. The number of aromatic hydroxyl groups is 2. The normalized spacial score (nSPS) is 21.4. The number of guanidine groups is 1. The van der Waals surface area contributed by atoms with Crippen LogP contribution in [-0.4, -0.2) is 147 Å². The Morgan fingerprint density at radius 2 is 1.61 bits per heavy atom. The van der Waals surface area contributed by atoms with Crippen molar-refractivity contribution >= 4 is 58.4 Å². The number of ether oxygens (including phenoxy) is 3. The smallest absolute Gasteiger partial charge is 0.243 e. The number of fused-ring (bicyclic) bond motifs is 3. The number of hydrogen-bond donors (Lipinski definition) is 12. The van der Waals surface area contributed by atoms with Crippen molar-refractivity contribution in [3.8, 4) is 17.2 Å². The van der Waals surface area contributed by atoms with Gasteiger partial charge in [0.25, 0.3) is 0 Å². The number of benzene rings is 3. The summed E-state index contributed by atoms with van der Waals surface area (Å²) in [5.74, 6) is -9.53. The van der Waals surface area contributed by atoms with E-state index in [-0.39, 0.29) is 91.3 Å². The van der Waals surface area contributed by atoms with E-state index in [1.165, 1.54) is 39.2 Å². The third kappa shape index (κ3) is 14.7. The molecule has 9 atom stereocenters. The fourth-order valence-corrected chi connectivity index (χ4v) is 10.5. The highest BCUT2D eigenvalue weighted by molar-refractivity contribution is 6.31. The fraction of sp³-hybridized carbons (Fsp3) is 0.491. The Morgan fingerprint density at radius 3 is 2.27 bits per heavy atom. The molecule has 2 unspecified atom stereocenters. The lowest BCUT2D eigenvalue weighted by Gasteiger charge is -2.42. The summed E-state index contributed by atoms with van der Waals surface area (Å²) in [5, 5.41) is 72.3. The molecule has 2 aliphatic carbocycles. The molecule has 79 heavy (non-hydrogen) atoms. The average Bonchev–Trinajstić information content (AvgIpc) is 3.27. The van der Waals surface area contributed by atoms with Crippen LogP contribution in [0.1, 0.15) is 133 Å². The molecule has 1 fully saturated rings. The zero-order chi connectivity index (χ0) is 57.9. The second-order valence-corrected chi connectivity index (χ2v) is 20.3. The van der Waals surface area contributed by atoms with E-state index in [9.17, 15) is 63.9 Å². The molecule has 0 spiro atoms. The molecular weight excluding hydrogens is 1030 g/mol. The van der Waals surface area contributed by atoms with Gasteiger partial charge in [0.05, 0.1) is 60.5 Å². The lowest BCUT2D eigenvalue weighted by Crippen LogP contribution is -2.52. The maximum atomic E-state index is 14.2. The molecule has 0 aromatic heterocycles. The number of carbonyl (C=O) groups excluding carboxylic acids is 8. The van der Waals surface area contributed by atoms with E-state index in [1.807, 2.05) is 0 Å². The van der Waals surface area contributed by atoms with Gasteiger partial charge in [0.2, 0.25) is 23.5 Å². The summed E-state index contributed by atoms with van der Waals surface area (Å²) >= 11 is 0. The molecule has 24 nitrogen and oxygen atoms in total. The van der Waals surface area contributed by atoms with Gasteiger partial charge < -0.3 is 72.9 Å². The number of nitrogens with one attached hydrogen (secondary N) is 4. The lowest BCUT2D eigenvalue weighted by molar-refractivity contribution is -0.257. The van der Waals surface area contributed by atoms with Crippen molar-refractivity contribution < 1.29 is 78.1 Å². The minimum absolute atomic E-state index is 0.0154. The number of carbonyl (C=O) groups is 8. The second-order valence-electron chi connectivity index (χ2n) is 20.3. The summed E-state index contributed by atoms with van der Waals surface area (Å²) in [6, 6.07) is 11.0. The maximum absolute atomic E-state index is 14.2. The largest absolute Gasteiger partial charge is 0.507 e. The van der Waals surface area contributed by atoms with E-state index >= 15 is 0 Å². The number of hydrogen-bond acceptors (Lipinski definition) is 18. The molecule has 0 bridgehead atoms. The predicted molar refractivity (Wildman–Crippen MR) is 283 cm³/mol. The molecule has 0 radical (unpaired) electrons. The van der Waals surface area contributed by atoms with Gasteiger partial charge in [-0.15, -0.1) is 0 Å². The van der Waals surface area contributed by atoms with E-state index in [4.69, 9.17) is 36.8 Å². The number of ketones is 5. The number of amides is 3. The number of aliphatic imine (C=N–C) groups is 1. The standard InChI is InChI=1S/C55H70N8O16/c1-27-47(69)31(22-42(78-27)79-39-24-55(76,40(68)26-64)23-34-44(39)51(73)46-45(49(34)71)48(70)33-14-9-16-38(77-3)43(33)50(46)72)20-32(66)25-61-52(74)30(13-10-18-60-54(58)59)21-37(67)35(15-7-8-17-41(56)57)63-53(75)36(62-28(2)65)19-29-11-5-4-6-12-29/h4-6,9,11-12,14,16,27,30-31,35-36,39,42,47,64,69,71,73,76H,7-8,10,13,15,17-26H2,1-3H3,(H3,56,57)(H,61,74)(H,62,65)(H,63,75)(H4,58,59,60)/t27-,30-,31?,35-,36?,39-,42+,47-,55+/m0/s1. The highest BCUT2D eigenvalue weighted by Gasteiger charge is 2.50. The van der Waals surface area contributed by atoms with Crippen LogP contribution in [0.15, 0.2) is 53.5 Å². The van der Waals surface area contributed by atoms with Crippen LogP contribution in [0, 0.1) is 17.2 Å². The maximum Gasteiger partial charge on any atom is 0.243 e. The van der Waals surface area contributed by atoms with Crippen LogP contribution in [0.2, 0.25) is 0 Å². The lowest BCUT2D eigenvalue weighted by atomic mass is 9.72. The van der Waals surface area contributed by atoms with Crippen LogP contribution in [0.3, 0.4) is 0 Å². The van der Waals surface area contributed by atoms with Gasteiger partial charge in [-0.1, -0.05) is 48.9 Å². The van der Waals surface area contributed by atoms with Gasteiger partial charge in [-0.3, -0.25) is 48.8 Å². The number of unbranched alkanes of at least 4 members (excludes halogenated alkanes) is 1. The minimum Gasteiger partial charge on any atom is -0.507 e. The van der Waals surface area contributed by atoms with Crippen molar-refractivity contribution in [1.82, 2.24) is 16.0 Å². The molecule has 1 heterocycles. The summed E-state index contributed by atoms with van der Waals surface area (Å²) in [4.78, 5) is 113. The fourth-order valence-electron chi connectivity index (χ4n) is 10.5. The molecular formula is C55H70N8O16. The zero-order valence-corrected chi connectivity index (χ0v) is 44.3. The van der Waals surface area contributed by atoms with Crippen molar-refractivity contribution in [3.63, 3.8) is 0 Å². The van der Waals surface area contributed by atoms with Gasteiger partial charge in [0.1, 0.15) is 35.5 Å². The first kappa shape index (κ1) is 60.6. The molecule has 24 heteroatoms. The van der Waals surface area contributed by atoms with Crippen molar-refractivity contribution in [3.05, 3.63) is 87.5 Å². The number of phenols is 2. The SMILES string of the molecule is COc1cccc2c1C(=O)c1c(O)c3c(c(O)c1C2=O)C[C@](O)(C(=O)CO)C[C@@H]3O[C@@H]1CC(CC(=O)CNC(=O)[C@@H](CCCN=C(N)N)CC(=O)[C@H](CCCCC(=N)N)NC(=O)C(Cc2ccccc2)NC(C)=O)[C@@H](O)[C@H](C)O1. The minimum atomic E-state index is -2.43. The zero-order valence-electron chi connectivity index (χ0n) is 44.3. The number of amidine groups is 1. The first-order chi connectivity index (χ1) is 37.5. The Labute approximate surface area is 455 Å². The first-order valence-electron chi connectivity index (χ1n) is 26.0. The quantitative estimate of drug-likeness (QED) is 0.0169. The number of rotatable bonds is 27. The number of Topliss-reactive ketones (excluding diaryl/α,β-unsaturated/α-hetero) is 3. The molecule has 3 aliphatic rings. The highest BCUT2D eigenvalue weighted by atomic mass is 16.7. The highest BCUT2D eigenvalue weighted by Crippen LogP contribution is 2.53. The van der Waals surface area contributed by atoms with Gasteiger partial charge in [-0.2, -0.15) is 0 Å². The topological polar surface area (TPSA) is 416 Å². The molecule has 1 saturated heterocycles. The number of nitrogens with zero attached hydrogens (tertiary/aromatic N) is 1. The number of aliphatic hydroxyl groups is 3. The van der Waals surface area contributed by atoms with Crippen molar-refractivity contribution in [1.29, 1.82) is 5.41 Å². The molecule has 0 saturated carbocycles. The number of aliphatic hydroxyl groups excluding tert-OH is 2. The molecule has 3 aromatic carbocycles. The van der Waals surface area contributed by atoms with E-state index in [0.717, 1.165) is 5.56 Å². The molecule has 3 amide bonds. The Bertz CT molecular complexity index is 2860. The van der Waals surface area contributed by atoms with Crippen molar-refractivity contribution in [2.75, 3.05) is 26.8 Å². The van der Waals surface area contributed by atoms with Crippen molar-refractivity contribution in [2.24, 2.45) is 34.0 Å². The molecule has 3 aromatic rings. The second kappa shape index (κ2) is 26.8. The first-order valence-corrected chi connectivity index (χ1v) is 26.0. The Morgan fingerprint density at radius 1 is 0.899 bits per heavy atom. The monoisotopic (exact) mass is 1100 g/mol. The van der Waals surface area contributed by atoms with Gasteiger partial charge >= 0.3 is 0 Å². The number of methoxy groups -OCH3 is 1. The van der Waals surface area contributed by atoms with Gasteiger partial charge in [-0.05, 0) is 50.2 Å². The summed E-state index contributed by atoms with van der Waals surface area (Å²) in [6.07, 6.45) is -6.02. The molecule has 1 aliphatic heterocycles. The average molecular weight is 1100 g/mol. The third-order valence-corrected chi connectivity index (χ3v) is 14.5. The van der Waals surface area contributed by atoms with Crippen LogP contribution in [0.4, 0.5) is 0 Å². The van der Waals surface area contributed by atoms with Crippen LogP contribution in [-0.2, 0) is 51.1 Å².